The summed E-state index contributed by atoms with van der Waals surface area (Å²) < 4.78 is 31.5. The number of furan rings is 1. The lowest BCUT2D eigenvalue weighted by Gasteiger charge is -2.15. The van der Waals surface area contributed by atoms with Gasteiger partial charge in [0.15, 0.2) is 0 Å². The van der Waals surface area contributed by atoms with Crippen LogP contribution < -0.4 is 10.0 Å². The van der Waals surface area contributed by atoms with Crippen molar-refractivity contribution in [2.24, 2.45) is 0 Å². The Morgan fingerprint density at radius 2 is 1.90 bits per heavy atom. The molecular weight excluding hydrogens is 288 g/mol. The molecule has 6 heteroatoms. The van der Waals surface area contributed by atoms with E-state index < -0.39 is 10.0 Å². The van der Waals surface area contributed by atoms with Crippen LogP contribution in [0.5, 0.6) is 0 Å². The zero-order valence-electron chi connectivity index (χ0n) is 12.6. The van der Waals surface area contributed by atoms with Crippen molar-refractivity contribution in [1.82, 2.24) is 4.72 Å². The smallest absolute Gasteiger partial charge is 0.240 e. The van der Waals surface area contributed by atoms with Gasteiger partial charge < -0.3 is 9.73 Å². The van der Waals surface area contributed by atoms with Crippen molar-refractivity contribution in [2.75, 3.05) is 12.4 Å². The van der Waals surface area contributed by atoms with Crippen LogP contribution in [0.2, 0.25) is 0 Å². The summed E-state index contributed by atoms with van der Waals surface area (Å²) in [5.41, 5.74) is 1.81. The topological polar surface area (TPSA) is 71.3 Å². The third kappa shape index (κ3) is 3.46. The maximum Gasteiger partial charge on any atom is 0.240 e. The molecule has 0 saturated carbocycles. The van der Waals surface area contributed by atoms with Crippen molar-refractivity contribution < 1.29 is 12.8 Å². The van der Waals surface area contributed by atoms with E-state index in [9.17, 15) is 8.42 Å². The molecule has 1 unspecified atom stereocenters. The molecule has 1 aromatic carbocycles. The van der Waals surface area contributed by atoms with Gasteiger partial charge in [0.25, 0.3) is 0 Å². The molecule has 0 fully saturated rings. The number of sulfonamides is 1. The number of benzene rings is 1. The molecule has 0 bridgehead atoms. The second kappa shape index (κ2) is 5.91. The highest BCUT2D eigenvalue weighted by Gasteiger charge is 2.15. The van der Waals surface area contributed by atoms with Crippen LogP contribution in [0.15, 0.2) is 39.6 Å². The Bertz CT molecular complexity index is 735. The van der Waals surface area contributed by atoms with Crippen LogP contribution >= 0.6 is 0 Å². The second-order valence-corrected chi connectivity index (χ2v) is 6.86. The fraction of sp³-hybridized carbons (Fsp3) is 0.333. The first-order valence-corrected chi connectivity index (χ1v) is 8.19. The summed E-state index contributed by atoms with van der Waals surface area (Å²) in [6.07, 6.45) is 0. The van der Waals surface area contributed by atoms with Gasteiger partial charge in [-0.2, -0.15) is 0 Å². The number of anilines is 1. The zero-order chi connectivity index (χ0) is 15.6. The van der Waals surface area contributed by atoms with Gasteiger partial charge in [-0.1, -0.05) is 6.07 Å². The van der Waals surface area contributed by atoms with Crippen molar-refractivity contribution in [3.8, 4) is 0 Å². The van der Waals surface area contributed by atoms with E-state index >= 15 is 0 Å². The van der Waals surface area contributed by atoms with Gasteiger partial charge in [0.1, 0.15) is 11.5 Å². The molecule has 0 amide bonds. The SMILES string of the molecule is CNS(=O)(=O)c1cccc(NC(C)c2cc(C)oc2C)c1. The van der Waals surface area contributed by atoms with Crippen molar-refractivity contribution in [3.63, 3.8) is 0 Å². The van der Waals surface area contributed by atoms with Crippen LogP contribution in [0.1, 0.15) is 30.0 Å². The summed E-state index contributed by atoms with van der Waals surface area (Å²) >= 11 is 0. The van der Waals surface area contributed by atoms with Crippen molar-refractivity contribution in [1.29, 1.82) is 0 Å². The predicted molar refractivity (Wildman–Crippen MR) is 82.9 cm³/mol. The van der Waals surface area contributed by atoms with Crippen molar-refractivity contribution in [3.05, 3.63) is 47.4 Å². The van der Waals surface area contributed by atoms with Gasteiger partial charge in [0.2, 0.25) is 10.0 Å². The highest BCUT2D eigenvalue weighted by atomic mass is 32.2. The first-order chi connectivity index (χ1) is 9.83. The van der Waals surface area contributed by atoms with Crippen LogP contribution in [0.3, 0.4) is 0 Å². The van der Waals surface area contributed by atoms with Gasteiger partial charge in [0.05, 0.1) is 10.9 Å². The molecule has 0 aliphatic rings. The molecular formula is C15H20N2O3S. The Morgan fingerprint density at radius 1 is 1.19 bits per heavy atom. The summed E-state index contributed by atoms with van der Waals surface area (Å²) in [5.74, 6) is 1.73. The van der Waals surface area contributed by atoms with E-state index in [-0.39, 0.29) is 10.9 Å². The zero-order valence-corrected chi connectivity index (χ0v) is 13.4. The number of rotatable bonds is 5. The largest absolute Gasteiger partial charge is 0.466 e. The van der Waals surface area contributed by atoms with Gasteiger partial charge in [0, 0.05) is 11.3 Å². The quantitative estimate of drug-likeness (QED) is 0.891. The number of hydrogen-bond donors (Lipinski definition) is 2. The molecule has 2 aromatic rings. The lowest BCUT2D eigenvalue weighted by molar-refractivity contribution is 0.500. The Kier molecular flexibility index (Phi) is 4.39. The van der Waals surface area contributed by atoms with E-state index in [1.54, 1.807) is 18.2 Å². The molecule has 1 aromatic heterocycles. The monoisotopic (exact) mass is 308 g/mol. The van der Waals surface area contributed by atoms with Crippen LogP contribution in [-0.4, -0.2) is 15.5 Å². The van der Waals surface area contributed by atoms with E-state index in [1.165, 1.54) is 7.05 Å². The maximum absolute atomic E-state index is 11.8. The Balaban J connectivity index is 2.24. The Labute approximate surface area is 125 Å². The normalized spacial score (nSPS) is 13.1. The Hall–Kier alpha value is -1.79. The summed E-state index contributed by atoms with van der Waals surface area (Å²) in [5, 5.41) is 3.30. The first kappa shape index (κ1) is 15.6. The standard InChI is InChI=1S/C15H20N2O3S/c1-10-8-15(12(3)20-10)11(2)17-13-6-5-7-14(9-13)21(18,19)16-4/h5-9,11,16-17H,1-4H3. The molecule has 5 nitrogen and oxygen atoms in total. The highest BCUT2D eigenvalue weighted by molar-refractivity contribution is 7.89. The molecule has 1 heterocycles. The van der Waals surface area contributed by atoms with Gasteiger partial charge in [-0.15, -0.1) is 0 Å². The van der Waals surface area contributed by atoms with Crippen LogP contribution in [-0.2, 0) is 10.0 Å². The van der Waals surface area contributed by atoms with Gasteiger partial charge in [-0.25, -0.2) is 13.1 Å². The molecule has 0 radical (unpaired) electrons. The molecule has 2 N–H and O–H groups in total. The molecule has 21 heavy (non-hydrogen) atoms. The summed E-state index contributed by atoms with van der Waals surface area (Å²) in [4.78, 5) is 0.238. The molecule has 0 aliphatic heterocycles. The third-order valence-electron chi connectivity index (χ3n) is 3.34. The Morgan fingerprint density at radius 3 is 2.48 bits per heavy atom. The van der Waals surface area contributed by atoms with Gasteiger partial charge >= 0.3 is 0 Å². The van der Waals surface area contributed by atoms with E-state index in [1.807, 2.05) is 32.9 Å². The molecule has 0 saturated heterocycles. The van der Waals surface area contributed by atoms with Gasteiger partial charge in [-0.05, 0) is 52.1 Å². The number of hydrogen-bond acceptors (Lipinski definition) is 4. The number of aryl methyl sites for hydroxylation is 2. The molecule has 0 spiro atoms. The second-order valence-electron chi connectivity index (χ2n) is 4.97. The van der Waals surface area contributed by atoms with Crippen molar-refractivity contribution in [2.45, 2.75) is 31.7 Å². The molecule has 114 valence electrons. The van der Waals surface area contributed by atoms with E-state index in [2.05, 4.69) is 10.0 Å². The van der Waals surface area contributed by atoms with E-state index in [0.29, 0.717) is 0 Å². The summed E-state index contributed by atoms with van der Waals surface area (Å²) in [7, 11) is -2.04. The van der Waals surface area contributed by atoms with Crippen LogP contribution in [0, 0.1) is 13.8 Å². The lowest BCUT2D eigenvalue weighted by Crippen LogP contribution is -2.18. The average Bonchev–Trinajstić information content (AvgIpc) is 2.78. The fourth-order valence-electron chi connectivity index (χ4n) is 2.28. The van der Waals surface area contributed by atoms with Gasteiger partial charge in [-0.3, -0.25) is 0 Å². The maximum atomic E-state index is 11.8. The third-order valence-corrected chi connectivity index (χ3v) is 4.75. The minimum atomic E-state index is -3.43. The minimum absolute atomic E-state index is 0.0231. The predicted octanol–water partition coefficient (Wildman–Crippen LogP) is 2.98. The molecule has 1 atom stereocenters. The lowest BCUT2D eigenvalue weighted by atomic mass is 10.1. The van der Waals surface area contributed by atoms with Crippen LogP contribution in [0.25, 0.3) is 0 Å². The minimum Gasteiger partial charge on any atom is -0.466 e. The first-order valence-electron chi connectivity index (χ1n) is 6.70. The van der Waals surface area contributed by atoms with Crippen LogP contribution in [0.4, 0.5) is 5.69 Å². The average molecular weight is 308 g/mol. The highest BCUT2D eigenvalue weighted by Crippen LogP contribution is 2.25. The molecule has 0 aliphatic carbocycles. The number of nitrogens with one attached hydrogen (secondary N) is 2. The van der Waals surface area contributed by atoms with E-state index in [0.717, 1.165) is 22.8 Å². The van der Waals surface area contributed by atoms with Crippen molar-refractivity contribution >= 4 is 15.7 Å². The molecule has 2 rings (SSSR count). The van der Waals surface area contributed by atoms with E-state index in [4.69, 9.17) is 4.42 Å². The summed E-state index contributed by atoms with van der Waals surface area (Å²) in [6, 6.07) is 8.75. The fourth-order valence-corrected chi connectivity index (χ4v) is 3.05. The summed E-state index contributed by atoms with van der Waals surface area (Å²) in [6.45, 7) is 5.84.